The van der Waals surface area contributed by atoms with Gasteiger partial charge in [-0.3, -0.25) is 0 Å². The third kappa shape index (κ3) is 3.67. The Bertz CT molecular complexity index is 364. The van der Waals surface area contributed by atoms with E-state index in [2.05, 4.69) is 29.6 Å². The van der Waals surface area contributed by atoms with Crippen LogP contribution in [0.15, 0.2) is 24.3 Å². The Morgan fingerprint density at radius 1 is 1.35 bits per heavy atom. The maximum atomic E-state index is 6.82. The van der Waals surface area contributed by atoms with Crippen LogP contribution in [0.2, 0.25) is 0 Å². The number of benzene rings is 1. The van der Waals surface area contributed by atoms with Crippen LogP contribution in [0.5, 0.6) is 0 Å². The Morgan fingerprint density at radius 3 is 2.94 bits per heavy atom. The average Bonchev–Trinajstić information content (AvgIpc) is 2.41. The summed E-state index contributed by atoms with van der Waals surface area (Å²) in [6.45, 7) is 2.86. The first kappa shape index (κ1) is 12.3. The van der Waals surface area contributed by atoms with E-state index in [1.165, 1.54) is 24.0 Å². The molecule has 0 amide bonds. The van der Waals surface area contributed by atoms with Crippen LogP contribution in [0.3, 0.4) is 0 Å². The molecule has 0 radical (unpaired) electrons. The Kier molecular flexibility index (Phi) is 4.74. The van der Waals surface area contributed by atoms with Gasteiger partial charge in [0, 0.05) is 0 Å². The van der Waals surface area contributed by atoms with Gasteiger partial charge in [0.05, 0.1) is 0 Å². The van der Waals surface area contributed by atoms with E-state index in [1.807, 2.05) is 0 Å². The van der Waals surface area contributed by atoms with Crippen molar-refractivity contribution in [1.82, 2.24) is 5.32 Å². The summed E-state index contributed by atoms with van der Waals surface area (Å²) in [5.41, 5.74) is 2.77. The van der Waals surface area contributed by atoms with Gasteiger partial charge in [0.1, 0.15) is 0 Å². The van der Waals surface area contributed by atoms with Crippen molar-refractivity contribution in [2.75, 3.05) is 19.7 Å². The molecule has 17 heavy (non-hydrogen) atoms. The molecule has 0 unspecified atom stereocenters. The van der Waals surface area contributed by atoms with Crippen LogP contribution >= 0.6 is 0 Å². The molecular formula is C13H19BN2O. The molecule has 1 aliphatic heterocycles. The molecule has 3 nitrogen and oxygen atoms in total. The first-order valence-corrected chi connectivity index (χ1v) is 6.30. The molecule has 1 saturated heterocycles. The molecule has 0 spiro atoms. The Morgan fingerprint density at radius 2 is 2.18 bits per heavy atom. The topological polar surface area (TPSA) is 45.1 Å². The second-order valence-electron chi connectivity index (χ2n) is 4.51. The molecule has 2 rings (SSSR count). The standard InChI is InChI=1S/C13H19BN2O/c15-14-17-9-6-11-2-1-3-13(10-11)12-4-7-16-8-5-12/h1-3,10,12,15-16H,4-9H2. The van der Waals surface area contributed by atoms with E-state index < -0.39 is 0 Å². The van der Waals surface area contributed by atoms with E-state index >= 15 is 0 Å². The van der Waals surface area contributed by atoms with Gasteiger partial charge in [-0.25, -0.2) is 0 Å². The van der Waals surface area contributed by atoms with Crippen molar-refractivity contribution in [3.05, 3.63) is 35.4 Å². The van der Waals surface area contributed by atoms with Crippen molar-refractivity contribution in [3.63, 3.8) is 0 Å². The first-order valence-electron chi connectivity index (χ1n) is 6.30. The summed E-state index contributed by atoms with van der Waals surface area (Å²) in [5.74, 6) is 0.708. The van der Waals surface area contributed by atoms with Crippen LogP contribution in [0.25, 0.3) is 0 Å². The molecule has 4 heteroatoms. The predicted molar refractivity (Wildman–Crippen MR) is 69.4 cm³/mol. The third-order valence-corrected chi connectivity index (χ3v) is 3.35. The summed E-state index contributed by atoms with van der Waals surface area (Å²) >= 11 is 0. The summed E-state index contributed by atoms with van der Waals surface area (Å²) in [4.78, 5) is 0. The van der Waals surface area contributed by atoms with Crippen molar-refractivity contribution >= 4 is 7.27 Å². The first-order chi connectivity index (χ1) is 8.40. The fraction of sp³-hybridized carbons (Fsp3) is 0.538. The normalized spacial score (nSPS) is 16.5. The Balaban J connectivity index is 1.97. The molecule has 0 saturated carbocycles. The summed E-state index contributed by atoms with van der Waals surface area (Å²) in [7, 11) is 1.01. The van der Waals surface area contributed by atoms with Crippen molar-refractivity contribution in [2.45, 2.75) is 25.2 Å². The molecule has 0 bridgehead atoms. The Labute approximate surface area is 103 Å². The zero-order chi connectivity index (χ0) is 11.9. The number of rotatable bonds is 5. The summed E-state index contributed by atoms with van der Waals surface area (Å²) in [6, 6.07) is 8.80. The van der Waals surface area contributed by atoms with Crippen molar-refractivity contribution in [3.8, 4) is 0 Å². The predicted octanol–water partition coefficient (Wildman–Crippen LogP) is 2.09. The Hall–Kier alpha value is -1.16. The number of piperidine rings is 1. The van der Waals surface area contributed by atoms with Crippen molar-refractivity contribution in [2.24, 2.45) is 0 Å². The SMILES string of the molecule is N=BOCCc1cccc(C2CCNCC2)c1. The molecule has 1 heterocycles. The van der Waals surface area contributed by atoms with Gasteiger partial charge >= 0.3 is 103 Å². The van der Waals surface area contributed by atoms with Gasteiger partial charge in [0.15, 0.2) is 0 Å². The van der Waals surface area contributed by atoms with Gasteiger partial charge in [-0.1, -0.05) is 0 Å². The third-order valence-electron chi connectivity index (χ3n) is 3.35. The van der Waals surface area contributed by atoms with E-state index in [0.29, 0.717) is 12.5 Å². The maximum absolute atomic E-state index is 6.82. The average molecular weight is 230 g/mol. The molecule has 1 aromatic carbocycles. The van der Waals surface area contributed by atoms with Crippen LogP contribution in [0, 0.1) is 5.31 Å². The van der Waals surface area contributed by atoms with E-state index in [9.17, 15) is 0 Å². The molecule has 1 aromatic rings. The summed E-state index contributed by atoms with van der Waals surface area (Å²) < 4.78 is 4.95. The minimum absolute atomic E-state index is 0.596. The quantitative estimate of drug-likeness (QED) is 0.601. The fourth-order valence-corrected chi connectivity index (χ4v) is 2.39. The molecule has 0 aromatic heterocycles. The van der Waals surface area contributed by atoms with Gasteiger partial charge in [-0.05, 0) is 0 Å². The van der Waals surface area contributed by atoms with Gasteiger partial charge in [-0.15, -0.1) is 0 Å². The minimum atomic E-state index is 0.596. The zero-order valence-corrected chi connectivity index (χ0v) is 10.1. The second kappa shape index (κ2) is 6.55. The molecule has 2 N–H and O–H groups in total. The zero-order valence-electron chi connectivity index (χ0n) is 10.1. The van der Waals surface area contributed by atoms with Gasteiger partial charge < -0.3 is 0 Å². The van der Waals surface area contributed by atoms with E-state index in [0.717, 1.165) is 26.8 Å². The molecule has 90 valence electrons. The van der Waals surface area contributed by atoms with Gasteiger partial charge in [0.25, 0.3) is 0 Å². The summed E-state index contributed by atoms with van der Waals surface area (Å²) in [6.07, 6.45) is 3.36. The van der Waals surface area contributed by atoms with E-state index in [1.54, 1.807) is 0 Å². The van der Waals surface area contributed by atoms with Crippen LogP contribution in [-0.4, -0.2) is 27.0 Å². The monoisotopic (exact) mass is 230 g/mol. The molecule has 1 fully saturated rings. The van der Waals surface area contributed by atoms with E-state index in [-0.39, 0.29) is 0 Å². The molecule has 0 aliphatic carbocycles. The molecular weight excluding hydrogens is 211 g/mol. The van der Waals surface area contributed by atoms with Crippen LogP contribution in [0.4, 0.5) is 0 Å². The number of hydrogen-bond acceptors (Lipinski definition) is 3. The number of hydrogen-bond donors (Lipinski definition) is 2. The van der Waals surface area contributed by atoms with Gasteiger partial charge in [-0.2, -0.15) is 0 Å². The van der Waals surface area contributed by atoms with Crippen molar-refractivity contribution in [1.29, 1.82) is 5.31 Å². The fourth-order valence-electron chi connectivity index (χ4n) is 2.39. The molecule has 1 aliphatic rings. The van der Waals surface area contributed by atoms with E-state index in [4.69, 9.17) is 9.97 Å². The summed E-state index contributed by atoms with van der Waals surface area (Å²) in [5, 5.41) is 10.2. The van der Waals surface area contributed by atoms with Gasteiger partial charge in [0.2, 0.25) is 0 Å². The number of nitrogens with one attached hydrogen (secondary N) is 2. The van der Waals surface area contributed by atoms with Crippen LogP contribution in [0.1, 0.15) is 29.9 Å². The van der Waals surface area contributed by atoms with Crippen LogP contribution < -0.4 is 5.32 Å². The van der Waals surface area contributed by atoms with Crippen molar-refractivity contribution < 1.29 is 4.65 Å². The molecule has 0 atom stereocenters. The van der Waals surface area contributed by atoms with Crippen LogP contribution in [-0.2, 0) is 11.1 Å². The second-order valence-corrected chi connectivity index (χ2v) is 4.51.